The lowest BCUT2D eigenvalue weighted by Crippen LogP contribution is -2.41. The van der Waals surface area contributed by atoms with Crippen molar-refractivity contribution in [2.45, 2.75) is 49.7 Å². The minimum atomic E-state index is -3.68. The summed E-state index contributed by atoms with van der Waals surface area (Å²) in [4.78, 5) is 23.5. The minimum Gasteiger partial charge on any atom is -0.339 e. The van der Waals surface area contributed by atoms with Crippen molar-refractivity contribution in [3.05, 3.63) is 40.0 Å². The summed E-state index contributed by atoms with van der Waals surface area (Å²) < 4.78 is 29.3. The summed E-state index contributed by atoms with van der Waals surface area (Å²) in [7, 11) is -1.94. The summed E-state index contributed by atoms with van der Waals surface area (Å²) in [5.41, 5.74) is 1.19. The van der Waals surface area contributed by atoms with Gasteiger partial charge in [0.15, 0.2) is 5.03 Å². The zero-order valence-corrected chi connectivity index (χ0v) is 14.4. The molecule has 0 amide bonds. The summed E-state index contributed by atoms with van der Waals surface area (Å²) in [6.45, 7) is 1.74. The summed E-state index contributed by atoms with van der Waals surface area (Å²) in [5.74, 6) is 0.565. The molecule has 2 unspecified atom stereocenters. The Kier molecular flexibility index (Phi) is 3.40. The number of H-pyrrole nitrogens is 1. The van der Waals surface area contributed by atoms with E-state index in [1.807, 2.05) is 0 Å². The standard InChI is InChI=1S/C15H19N5O3S/c1-9-17-13-6-11-4-3-10(5-12(13)15(21)18-9)20(11)24(22,23)14-7-19(2)8-16-14/h7-8,10-11H,3-6H2,1-2H3,(H,17,18,21). The van der Waals surface area contributed by atoms with Crippen LogP contribution in [0.25, 0.3) is 0 Å². The zero-order valence-electron chi connectivity index (χ0n) is 13.6. The van der Waals surface area contributed by atoms with Crippen LogP contribution in [0.2, 0.25) is 0 Å². The van der Waals surface area contributed by atoms with Crippen molar-refractivity contribution >= 4 is 10.0 Å². The highest BCUT2D eigenvalue weighted by atomic mass is 32.2. The molecule has 24 heavy (non-hydrogen) atoms. The Balaban J connectivity index is 1.78. The van der Waals surface area contributed by atoms with E-state index >= 15 is 0 Å². The molecule has 1 N–H and O–H groups in total. The van der Waals surface area contributed by atoms with E-state index in [4.69, 9.17) is 0 Å². The molecule has 4 heterocycles. The van der Waals surface area contributed by atoms with Crippen LogP contribution in [0, 0.1) is 6.92 Å². The van der Waals surface area contributed by atoms with Gasteiger partial charge in [-0.15, -0.1) is 0 Å². The first-order valence-electron chi connectivity index (χ1n) is 7.96. The molecule has 128 valence electrons. The quantitative estimate of drug-likeness (QED) is 0.831. The van der Waals surface area contributed by atoms with Gasteiger partial charge in [0.05, 0.1) is 12.0 Å². The molecule has 9 heteroatoms. The number of aryl methyl sites for hydroxylation is 2. The van der Waals surface area contributed by atoms with Crippen LogP contribution in [0.4, 0.5) is 0 Å². The number of aromatic amines is 1. The van der Waals surface area contributed by atoms with Crippen molar-refractivity contribution in [2.24, 2.45) is 7.05 Å². The lowest BCUT2D eigenvalue weighted by molar-refractivity contribution is 0.326. The molecule has 0 radical (unpaired) electrons. The monoisotopic (exact) mass is 349 g/mol. The molecule has 2 bridgehead atoms. The predicted molar refractivity (Wildman–Crippen MR) is 86.0 cm³/mol. The first-order valence-corrected chi connectivity index (χ1v) is 9.40. The van der Waals surface area contributed by atoms with E-state index in [0.717, 1.165) is 18.5 Å². The van der Waals surface area contributed by atoms with E-state index in [9.17, 15) is 13.2 Å². The molecular weight excluding hydrogens is 330 g/mol. The van der Waals surface area contributed by atoms with Gasteiger partial charge < -0.3 is 9.55 Å². The SMILES string of the molecule is Cc1nc2c(c(=O)[nH]1)CC1CCC(C2)N1S(=O)(=O)c1cn(C)cn1. The van der Waals surface area contributed by atoms with E-state index in [1.54, 1.807) is 22.8 Å². The average molecular weight is 349 g/mol. The summed E-state index contributed by atoms with van der Waals surface area (Å²) >= 11 is 0. The summed E-state index contributed by atoms with van der Waals surface area (Å²) in [6, 6.07) is -0.384. The molecule has 0 aliphatic carbocycles. The van der Waals surface area contributed by atoms with Crippen molar-refractivity contribution in [3.8, 4) is 0 Å². The number of imidazole rings is 1. The number of aromatic nitrogens is 4. The maximum atomic E-state index is 13.1. The highest BCUT2D eigenvalue weighted by Crippen LogP contribution is 2.36. The summed E-state index contributed by atoms with van der Waals surface area (Å²) in [5, 5.41) is 0.0610. The molecule has 1 fully saturated rings. The van der Waals surface area contributed by atoms with Gasteiger partial charge in [0, 0.05) is 37.3 Å². The second kappa shape index (κ2) is 5.25. The number of hydrogen-bond donors (Lipinski definition) is 1. The Morgan fingerprint density at radius 1 is 1.25 bits per heavy atom. The van der Waals surface area contributed by atoms with Crippen LogP contribution in [0.1, 0.15) is 29.9 Å². The fraction of sp³-hybridized carbons (Fsp3) is 0.533. The normalized spacial score (nSPS) is 23.9. The Morgan fingerprint density at radius 3 is 2.62 bits per heavy atom. The van der Waals surface area contributed by atoms with Gasteiger partial charge in [-0.2, -0.15) is 4.31 Å². The maximum Gasteiger partial charge on any atom is 0.262 e. The van der Waals surface area contributed by atoms with Crippen LogP contribution >= 0.6 is 0 Å². The first-order chi connectivity index (χ1) is 11.4. The number of sulfonamides is 1. The van der Waals surface area contributed by atoms with Crippen LogP contribution in [0.5, 0.6) is 0 Å². The smallest absolute Gasteiger partial charge is 0.262 e. The van der Waals surface area contributed by atoms with Gasteiger partial charge in [0.2, 0.25) is 0 Å². The Hall–Kier alpha value is -2.00. The number of fused-ring (bicyclic) bond motifs is 3. The highest BCUT2D eigenvalue weighted by Gasteiger charge is 2.45. The highest BCUT2D eigenvalue weighted by molar-refractivity contribution is 7.89. The third kappa shape index (κ3) is 2.30. The van der Waals surface area contributed by atoms with Crippen LogP contribution in [-0.2, 0) is 29.9 Å². The minimum absolute atomic E-state index is 0.0610. The van der Waals surface area contributed by atoms with E-state index in [1.165, 1.54) is 12.5 Å². The molecule has 4 rings (SSSR count). The van der Waals surface area contributed by atoms with Crippen molar-refractivity contribution in [3.63, 3.8) is 0 Å². The molecule has 8 nitrogen and oxygen atoms in total. The van der Waals surface area contributed by atoms with Gasteiger partial charge in [-0.05, 0) is 26.2 Å². The van der Waals surface area contributed by atoms with Crippen molar-refractivity contribution in [1.82, 2.24) is 23.8 Å². The Labute approximate surface area is 139 Å². The predicted octanol–water partition coefficient (Wildman–Crippen LogP) is 0.132. The molecule has 2 atom stereocenters. The third-order valence-electron chi connectivity index (χ3n) is 4.86. The molecule has 2 aliphatic heterocycles. The fourth-order valence-electron chi connectivity index (χ4n) is 3.85. The number of hydrogen-bond acceptors (Lipinski definition) is 5. The topological polar surface area (TPSA) is 101 Å². The van der Waals surface area contributed by atoms with Crippen molar-refractivity contribution < 1.29 is 8.42 Å². The molecule has 1 saturated heterocycles. The van der Waals surface area contributed by atoms with Gasteiger partial charge in [-0.3, -0.25) is 4.79 Å². The number of nitrogens with zero attached hydrogens (tertiary/aromatic N) is 4. The lowest BCUT2D eigenvalue weighted by atomic mass is 9.98. The van der Waals surface area contributed by atoms with Crippen LogP contribution < -0.4 is 5.56 Å². The van der Waals surface area contributed by atoms with E-state index < -0.39 is 10.0 Å². The summed E-state index contributed by atoms with van der Waals surface area (Å²) in [6.07, 6.45) is 5.41. The van der Waals surface area contributed by atoms with Gasteiger partial charge in [-0.25, -0.2) is 18.4 Å². The van der Waals surface area contributed by atoms with Crippen LogP contribution in [0.15, 0.2) is 22.3 Å². The maximum absolute atomic E-state index is 13.1. The average Bonchev–Trinajstić information content (AvgIpc) is 3.04. The van der Waals surface area contributed by atoms with E-state index in [0.29, 0.717) is 24.2 Å². The number of rotatable bonds is 2. The number of nitrogens with one attached hydrogen (secondary N) is 1. The van der Waals surface area contributed by atoms with E-state index in [2.05, 4.69) is 15.0 Å². The van der Waals surface area contributed by atoms with Gasteiger partial charge >= 0.3 is 0 Å². The van der Waals surface area contributed by atoms with Crippen molar-refractivity contribution in [1.29, 1.82) is 0 Å². The molecule has 2 aromatic rings. The molecule has 0 aromatic carbocycles. The van der Waals surface area contributed by atoms with Gasteiger partial charge in [0.25, 0.3) is 15.6 Å². The zero-order chi connectivity index (χ0) is 17.1. The van der Waals surface area contributed by atoms with Crippen LogP contribution in [0.3, 0.4) is 0 Å². The second-order valence-electron chi connectivity index (χ2n) is 6.58. The molecule has 2 aliphatic rings. The Morgan fingerprint density at radius 2 is 1.96 bits per heavy atom. The lowest BCUT2D eigenvalue weighted by Gasteiger charge is -2.25. The van der Waals surface area contributed by atoms with Gasteiger partial charge in [-0.1, -0.05) is 0 Å². The molecule has 0 spiro atoms. The molecular formula is C15H19N5O3S. The molecule has 0 saturated carbocycles. The van der Waals surface area contributed by atoms with Crippen LogP contribution in [-0.4, -0.2) is 44.3 Å². The van der Waals surface area contributed by atoms with E-state index in [-0.39, 0.29) is 22.7 Å². The Bertz CT molecular complexity index is 962. The fourth-order valence-corrected chi connectivity index (χ4v) is 5.69. The first kappa shape index (κ1) is 15.5. The largest absolute Gasteiger partial charge is 0.339 e. The molecule has 2 aromatic heterocycles. The third-order valence-corrected chi connectivity index (χ3v) is 6.75. The van der Waals surface area contributed by atoms with Crippen molar-refractivity contribution in [2.75, 3.05) is 0 Å². The van der Waals surface area contributed by atoms with Gasteiger partial charge in [0.1, 0.15) is 5.82 Å². The second-order valence-corrected chi connectivity index (χ2v) is 8.37.